The Morgan fingerprint density at radius 3 is 2.86 bits per heavy atom. The van der Waals surface area contributed by atoms with Crippen molar-refractivity contribution in [2.45, 2.75) is 17.8 Å². The van der Waals surface area contributed by atoms with Crippen molar-refractivity contribution in [3.63, 3.8) is 0 Å². The molecule has 0 saturated carbocycles. The van der Waals surface area contributed by atoms with Crippen LogP contribution in [-0.4, -0.2) is 32.7 Å². The highest BCUT2D eigenvalue weighted by atomic mass is 32.2. The Kier molecular flexibility index (Phi) is 6.57. The second kappa shape index (κ2) is 9.30. The summed E-state index contributed by atoms with van der Waals surface area (Å²) in [7, 11) is 0. The molecule has 2 N–H and O–H groups in total. The van der Waals surface area contributed by atoms with Crippen LogP contribution in [0.4, 0.5) is 10.8 Å². The number of amides is 2. The van der Waals surface area contributed by atoms with Crippen molar-refractivity contribution in [2.24, 2.45) is 0 Å². The van der Waals surface area contributed by atoms with Crippen LogP contribution in [0.3, 0.4) is 0 Å². The quantitative estimate of drug-likeness (QED) is 0.239. The molecule has 2 amide bonds. The first-order valence-electron chi connectivity index (χ1n) is 8.24. The van der Waals surface area contributed by atoms with Crippen LogP contribution >= 0.6 is 23.1 Å². The van der Waals surface area contributed by atoms with Crippen LogP contribution in [0, 0.1) is 17.0 Å². The molecule has 0 saturated heterocycles. The molecular weight excluding hydrogens is 418 g/mol. The molecule has 150 valence electrons. The van der Waals surface area contributed by atoms with Crippen LogP contribution in [0.25, 0.3) is 0 Å². The Bertz CT molecular complexity index is 1030. The number of nitrogens with one attached hydrogen (secondary N) is 2. The number of furan rings is 1. The normalized spacial score (nSPS) is 10.5. The Morgan fingerprint density at radius 2 is 2.14 bits per heavy atom. The van der Waals surface area contributed by atoms with Crippen LogP contribution in [0.15, 0.2) is 45.4 Å². The minimum Gasteiger partial charge on any atom is -0.467 e. The van der Waals surface area contributed by atoms with Gasteiger partial charge in [0.15, 0.2) is 4.34 Å². The Hall–Kier alpha value is -3.25. The third-order valence-electron chi connectivity index (χ3n) is 3.66. The summed E-state index contributed by atoms with van der Waals surface area (Å²) in [5.41, 5.74) is 0.474. The first kappa shape index (κ1) is 20.5. The number of anilines is 1. The molecule has 2 heterocycles. The fourth-order valence-corrected chi connectivity index (χ4v) is 3.79. The maximum atomic E-state index is 12.3. The smallest absolute Gasteiger partial charge is 0.273 e. The van der Waals surface area contributed by atoms with Crippen molar-refractivity contribution in [3.05, 3.63) is 63.6 Å². The molecule has 29 heavy (non-hydrogen) atoms. The van der Waals surface area contributed by atoms with E-state index >= 15 is 0 Å². The third kappa shape index (κ3) is 5.62. The minimum atomic E-state index is -0.539. The molecule has 0 aliphatic rings. The largest absolute Gasteiger partial charge is 0.467 e. The number of carbonyl (C=O) groups excluding carboxylic acids is 2. The molecule has 0 spiro atoms. The van der Waals surface area contributed by atoms with Gasteiger partial charge in [-0.1, -0.05) is 29.2 Å². The summed E-state index contributed by atoms with van der Waals surface area (Å²) in [5.74, 6) is 0.0599. The molecule has 0 aliphatic carbocycles. The zero-order chi connectivity index (χ0) is 20.8. The summed E-state index contributed by atoms with van der Waals surface area (Å²) in [5, 5.41) is 24.3. The molecule has 0 aliphatic heterocycles. The molecule has 0 unspecified atom stereocenters. The number of nitro benzene ring substituents is 1. The summed E-state index contributed by atoms with van der Waals surface area (Å²) >= 11 is 2.28. The topological polar surface area (TPSA) is 140 Å². The molecule has 12 heteroatoms. The van der Waals surface area contributed by atoms with Gasteiger partial charge in [0, 0.05) is 17.2 Å². The van der Waals surface area contributed by atoms with Gasteiger partial charge in [-0.2, -0.15) is 0 Å². The van der Waals surface area contributed by atoms with E-state index in [0.717, 1.165) is 11.3 Å². The number of nitro groups is 1. The van der Waals surface area contributed by atoms with Gasteiger partial charge in [-0.3, -0.25) is 25.0 Å². The van der Waals surface area contributed by atoms with Crippen LogP contribution in [0.5, 0.6) is 0 Å². The van der Waals surface area contributed by atoms with E-state index in [0.29, 0.717) is 22.2 Å². The summed E-state index contributed by atoms with van der Waals surface area (Å²) in [4.78, 5) is 34.6. The molecule has 0 bridgehead atoms. The number of hydrogen-bond donors (Lipinski definition) is 2. The average molecular weight is 433 g/mol. The number of carbonyl (C=O) groups is 2. The van der Waals surface area contributed by atoms with Crippen molar-refractivity contribution in [3.8, 4) is 0 Å². The standard InChI is InChI=1S/C17H15N5O5S2/c1-10-4-5-11(7-13(10)22(25)26)15(24)19-16-20-21-17(29-16)28-9-14(23)18-8-12-3-2-6-27-12/h2-7H,8-9H2,1H3,(H,18,23)(H,19,20,24). The number of aryl methyl sites for hydroxylation is 1. The zero-order valence-corrected chi connectivity index (χ0v) is 16.7. The maximum Gasteiger partial charge on any atom is 0.273 e. The molecular formula is C17H15N5O5S2. The van der Waals surface area contributed by atoms with E-state index in [2.05, 4.69) is 20.8 Å². The molecule has 0 radical (unpaired) electrons. The van der Waals surface area contributed by atoms with Crippen molar-refractivity contribution in [2.75, 3.05) is 11.1 Å². The van der Waals surface area contributed by atoms with Gasteiger partial charge in [-0.05, 0) is 25.1 Å². The highest BCUT2D eigenvalue weighted by Crippen LogP contribution is 2.26. The highest BCUT2D eigenvalue weighted by Gasteiger charge is 2.17. The summed E-state index contributed by atoms with van der Waals surface area (Å²) in [6, 6.07) is 7.72. The average Bonchev–Trinajstić information content (AvgIpc) is 3.36. The number of benzene rings is 1. The SMILES string of the molecule is Cc1ccc(C(=O)Nc2nnc(SCC(=O)NCc3ccco3)s2)cc1[N+](=O)[O-]. The summed E-state index contributed by atoms with van der Waals surface area (Å²) in [6.45, 7) is 1.89. The monoisotopic (exact) mass is 433 g/mol. The Morgan fingerprint density at radius 1 is 1.31 bits per heavy atom. The molecule has 10 nitrogen and oxygen atoms in total. The van der Waals surface area contributed by atoms with Crippen molar-refractivity contribution >= 4 is 45.7 Å². The number of rotatable bonds is 8. The van der Waals surface area contributed by atoms with Crippen LogP contribution in [0.2, 0.25) is 0 Å². The van der Waals surface area contributed by atoms with Crippen LogP contribution in [-0.2, 0) is 11.3 Å². The number of aromatic nitrogens is 2. The molecule has 2 aromatic heterocycles. The fraction of sp³-hybridized carbons (Fsp3) is 0.176. The van der Waals surface area contributed by atoms with Gasteiger partial charge < -0.3 is 9.73 Å². The highest BCUT2D eigenvalue weighted by molar-refractivity contribution is 8.01. The van der Waals surface area contributed by atoms with Gasteiger partial charge in [0.1, 0.15) is 5.76 Å². The van der Waals surface area contributed by atoms with E-state index in [1.807, 2.05) is 0 Å². The number of hydrogen-bond acceptors (Lipinski definition) is 9. The fourth-order valence-electron chi connectivity index (χ4n) is 2.21. The second-order valence-electron chi connectivity index (χ2n) is 5.73. The predicted octanol–water partition coefficient (Wildman–Crippen LogP) is 3.01. The van der Waals surface area contributed by atoms with E-state index in [1.54, 1.807) is 19.1 Å². The molecule has 0 fully saturated rings. The van der Waals surface area contributed by atoms with Crippen molar-refractivity contribution in [1.82, 2.24) is 15.5 Å². The summed E-state index contributed by atoms with van der Waals surface area (Å²) in [6.07, 6.45) is 1.53. The lowest BCUT2D eigenvalue weighted by Crippen LogP contribution is -2.24. The van der Waals surface area contributed by atoms with E-state index in [1.165, 1.54) is 36.2 Å². The van der Waals surface area contributed by atoms with Gasteiger partial charge in [-0.15, -0.1) is 10.2 Å². The maximum absolute atomic E-state index is 12.3. The van der Waals surface area contributed by atoms with Gasteiger partial charge in [0.05, 0.1) is 23.5 Å². The number of nitrogens with zero attached hydrogens (tertiary/aromatic N) is 3. The first-order valence-corrected chi connectivity index (χ1v) is 10.0. The predicted molar refractivity (Wildman–Crippen MR) is 107 cm³/mol. The minimum absolute atomic E-state index is 0.132. The van der Waals surface area contributed by atoms with E-state index in [-0.39, 0.29) is 28.0 Å². The van der Waals surface area contributed by atoms with Gasteiger partial charge >= 0.3 is 0 Å². The summed E-state index contributed by atoms with van der Waals surface area (Å²) < 4.78 is 5.63. The molecule has 3 aromatic rings. The van der Waals surface area contributed by atoms with Gasteiger partial charge in [0.2, 0.25) is 11.0 Å². The van der Waals surface area contributed by atoms with E-state index < -0.39 is 10.8 Å². The van der Waals surface area contributed by atoms with Crippen LogP contribution < -0.4 is 10.6 Å². The number of thioether (sulfide) groups is 1. The second-order valence-corrected chi connectivity index (χ2v) is 7.93. The lowest BCUT2D eigenvalue weighted by molar-refractivity contribution is -0.385. The molecule has 3 rings (SSSR count). The van der Waals surface area contributed by atoms with E-state index in [4.69, 9.17) is 4.42 Å². The van der Waals surface area contributed by atoms with Crippen molar-refractivity contribution < 1.29 is 18.9 Å². The third-order valence-corrected chi connectivity index (χ3v) is 5.63. The van der Waals surface area contributed by atoms with E-state index in [9.17, 15) is 19.7 Å². The van der Waals surface area contributed by atoms with Crippen molar-refractivity contribution in [1.29, 1.82) is 0 Å². The van der Waals surface area contributed by atoms with Gasteiger partial charge in [-0.25, -0.2) is 0 Å². The molecule has 0 atom stereocenters. The zero-order valence-electron chi connectivity index (χ0n) is 15.1. The first-order chi connectivity index (χ1) is 13.9. The Balaban J connectivity index is 1.52. The molecule has 1 aromatic carbocycles. The van der Waals surface area contributed by atoms with Gasteiger partial charge in [0.25, 0.3) is 11.6 Å². The lowest BCUT2D eigenvalue weighted by atomic mass is 10.1. The Labute approximate surface area is 172 Å². The van der Waals surface area contributed by atoms with Crippen LogP contribution in [0.1, 0.15) is 21.7 Å². The lowest BCUT2D eigenvalue weighted by Gasteiger charge is -2.03.